The summed E-state index contributed by atoms with van der Waals surface area (Å²) in [6.45, 7) is 2.75. The lowest BCUT2D eigenvalue weighted by atomic mass is 10.0. The van der Waals surface area contributed by atoms with Crippen LogP contribution in [-0.2, 0) is 0 Å². The molecule has 0 bridgehead atoms. The zero-order valence-electron chi connectivity index (χ0n) is 9.39. The van der Waals surface area contributed by atoms with Crippen molar-refractivity contribution < 1.29 is 4.79 Å². The van der Waals surface area contributed by atoms with Crippen LogP contribution in [0.4, 0.5) is 0 Å². The van der Waals surface area contributed by atoms with Crippen LogP contribution in [-0.4, -0.2) is 34.9 Å². The number of amides is 1. The van der Waals surface area contributed by atoms with Gasteiger partial charge in [-0.05, 0) is 12.1 Å². The normalized spacial score (nSPS) is 15.8. The second-order valence-electron chi connectivity index (χ2n) is 4.34. The van der Waals surface area contributed by atoms with Crippen molar-refractivity contribution in [3.05, 3.63) is 36.3 Å². The Morgan fingerprint density at radius 2 is 2.41 bits per heavy atom. The van der Waals surface area contributed by atoms with E-state index in [0.29, 0.717) is 11.5 Å². The van der Waals surface area contributed by atoms with E-state index in [1.54, 1.807) is 18.5 Å². The number of aromatic nitrogens is 2. The second kappa shape index (κ2) is 4.18. The Kier molecular flexibility index (Phi) is 2.53. The number of carbonyl (C=O) groups excluding carboxylic acids is 1. The second-order valence-corrected chi connectivity index (χ2v) is 4.34. The average Bonchev–Trinajstić information content (AvgIpc) is 2.73. The molecule has 2 aromatic heterocycles. The van der Waals surface area contributed by atoms with Crippen LogP contribution in [0.5, 0.6) is 0 Å². The Balaban J connectivity index is 1.70. The summed E-state index contributed by atoms with van der Waals surface area (Å²) in [5.41, 5.74) is 1.52. The van der Waals surface area contributed by atoms with Gasteiger partial charge in [0.05, 0.1) is 5.56 Å². The number of hydrogen-bond acceptors (Lipinski definition) is 3. The molecule has 1 aliphatic heterocycles. The van der Waals surface area contributed by atoms with Gasteiger partial charge in [-0.25, -0.2) is 4.98 Å². The molecule has 0 atom stereocenters. The van der Waals surface area contributed by atoms with Crippen molar-refractivity contribution in [1.82, 2.24) is 20.0 Å². The molecular formula is C12H14N4O. The van der Waals surface area contributed by atoms with Gasteiger partial charge in [0.1, 0.15) is 5.65 Å². The fourth-order valence-electron chi connectivity index (χ4n) is 1.89. The number of carbonyl (C=O) groups is 1. The van der Waals surface area contributed by atoms with Crippen molar-refractivity contribution in [2.24, 2.45) is 5.92 Å². The smallest absolute Gasteiger partial charge is 0.252 e. The maximum Gasteiger partial charge on any atom is 0.252 e. The van der Waals surface area contributed by atoms with Crippen molar-refractivity contribution in [3.63, 3.8) is 0 Å². The third-order valence-electron chi connectivity index (χ3n) is 3.07. The lowest BCUT2D eigenvalue weighted by Crippen LogP contribution is -2.48. The summed E-state index contributed by atoms with van der Waals surface area (Å²) in [6.07, 6.45) is 5.36. The van der Waals surface area contributed by atoms with Crippen LogP contribution in [0.2, 0.25) is 0 Å². The Morgan fingerprint density at radius 3 is 3.18 bits per heavy atom. The summed E-state index contributed by atoms with van der Waals surface area (Å²) < 4.78 is 1.85. The molecule has 2 N–H and O–H groups in total. The summed E-state index contributed by atoms with van der Waals surface area (Å²) >= 11 is 0. The zero-order chi connectivity index (χ0) is 11.7. The van der Waals surface area contributed by atoms with Crippen molar-refractivity contribution >= 4 is 11.6 Å². The van der Waals surface area contributed by atoms with Gasteiger partial charge in [0.2, 0.25) is 0 Å². The van der Waals surface area contributed by atoms with Gasteiger partial charge in [-0.1, -0.05) is 0 Å². The molecule has 1 fully saturated rings. The first kappa shape index (κ1) is 10.3. The molecule has 5 heteroatoms. The Morgan fingerprint density at radius 1 is 1.53 bits per heavy atom. The number of imidazole rings is 1. The molecule has 1 amide bonds. The molecule has 0 unspecified atom stereocenters. The summed E-state index contributed by atoms with van der Waals surface area (Å²) in [5.74, 6) is 0.559. The minimum atomic E-state index is -0.0208. The molecule has 1 aliphatic rings. The molecule has 1 saturated heterocycles. The summed E-state index contributed by atoms with van der Waals surface area (Å²) in [4.78, 5) is 16.0. The van der Waals surface area contributed by atoms with E-state index >= 15 is 0 Å². The molecule has 0 aromatic carbocycles. The van der Waals surface area contributed by atoms with Gasteiger partial charge in [-0.15, -0.1) is 0 Å². The quantitative estimate of drug-likeness (QED) is 0.796. The number of pyridine rings is 1. The average molecular weight is 230 g/mol. The van der Waals surface area contributed by atoms with Crippen molar-refractivity contribution in [2.45, 2.75) is 0 Å². The zero-order valence-corrected chi connectivity index (χ0v) is 9.39. The number of nitrogens with one attached hydrogen (secondary N) is 2. The molecule has 0 aliphatic carbocycles. The molecular weight excluding hydrogens is 216 g/mol. The lowest BCUT2D eigenvalue weighted by Gasteiger charge is -2.27. The van der Waals surface area contributed by atoms with Gasteiger partial charge in [0, 0.05) is 44.1 Å². The van der Waals surface area contributed by atoms with Gasteiger partial charge >= 0.3 is 0 Å². The maximum absolute atomic E-state index is 11.9. The fraction of sp³-hybridized carbons (Fsp3) is 0.333. The molecule has 0 saturated carbocycles. The van der Waals surface area contributed by atoms with E-state index < -0.39 is 0 Å². The largest absolute Gasteiger partial charge is 0.352 e. The van der Waals surface area contributed by atoms with Crippen molar-refractivity contribution in [1.29, 1.82) is 0 Å². The van der Waals surface area contributed by atoms with Gasteiger partial charge in [0.15, 0.2) is 0 Å². The van der Waals surface area contributed by atoms with Gasteiger partial charge in [-0.3, -0.25) is 4.79 Å². The van der Waals surface area contributed by atoms with Crippen LogP contribution >= 0.6 is 0 Å². The van der Waals surface area contributed by atoms with Crippen LogP contribution < -0.4 is 10.6 Å². The third kappa shape index (κ3) is 2.01. The molecule has 3 heterocycles. The summed E-state index contributed by atoms with van der Waals surface area (Å²) in [6, 6.07) is 3.65. The lowest BCUT2D eigenvalue weighted by molar-refractivity contribution is 0.0942. The highest BCUT2D eigenvalue weighted by molar-refractivity contribution is 5.94. The number of rotatable bonds is 3. The van der Waals surface area contributed by atoms with Crippen molar-refractivity contribution in [3.8, 4) is 0 Å². The van der Waals surface area contributed by atoms with E-state index in [-0.39, 0.29) is 5.91 Å². The fourth-order valence-corrected chi connectivity index (χ4v) is 1.89. The maximum atomic E-state index is 11.9. The minimum Gasteiger partial charge on any atom is -0.352 e. The SMILES string of the molecule is O=C(NCC1CNC1)c1ccc2nccn2c1. The van der Waals surface area contributed by atoms with E-state index in [4.69, 9.17) is 0 Å². The van der Waals surface area contributed by atoms with Crippen LogP contribution in [0.25, 0.3) is 5.65 Å². The van der Waals surface area contributed by atoms with Crippen molar-refractivity contribution in [2.75, 3.05) is 19.6 Å². The molecule has 0 radical (unpaired) electrons. The Labute approximate surface area is 98.8 Å². The topological polar surface area (TPSA) is 58.4 Å². The molecule has 88 valence electrons. The minimum absolute atomic E-state index is 0.0208. The molecule has 3 rings (SSSR count). The molecule has 0 spiro atoms. The first-order valence-electron chi connectivity index (χ1n) is 5.74. The van der Waals surface area contributed by atoms with Crippen LogP contribution in [0.15, 0.2) is 30.7 Å². The monoisotopic (exact) mass is 230 g/mol. The first-order chi connectivity index (χ1) is 8.33. The van der Waals surface area contributed by atoms with Crippen LogP contribution in [0.3, 0.4) is 0 Å². The van der Waals surface area contributed by atoms with E-state index in [9.17, 15) is 4.79 Å². The first-order valence-corrected chi connectivity index (χ1v) is 5.74. The van der Waals surface area contributed by atoms with E-state index in [1.807, 2.05) is 16.7 Å². The Bertz CT molecular complexity index is 544. The number of nitrogens with zero attached hydrogens (tertiary/aromatic N) is 2. The standard InChI is InChI=1S/C12H14N4O/c17-12(15-7-9-5-13-6-9)10-1-2-11-14-3-4-16(11)8-10/h1-4,8-9,13H,5-7H2,(H,15,17). The van der Waals surface area contributed by atoms with Crippen LogP contribution in [0, 0.1) is 5.92 Å². The highest BCUT2D eigenvalue weighted by Crippen LogP contribution is 2.05. The molecule has 2 aromatic rings. The van der Waals surface area contributed by atoms with E-state index in [1.165, 1.54) is 0 Å². The molecule has 17 heavy (non-hydrogen) atoms. The van der Waals surface area contributed by atoms with E-state index in [2.05, 4.69) is 15.6 Å². The van der Waals surface area contributed by atoms with E-state index in [0.717, 1.165) is 25.3 Å². The van der Waals surface area contributed by atoms with Gasteiger partial charge in [0.25, 0.3) is 5.91 Å². The Hall–Kier alpha value is -1.88. The summed E-state index contributed by atoms with van der Waals surface area (Å²) in [5, 5.41) is 6.13. The van der Waals surface area contributed by atoms with Gasteiger partial charge in [-0.2, -0.15) is 0 Å². The van der Waals surface area contributed by atoms with Crippen LogP contribution in [0.1, 0.15) is 10.4 Å². The number of fused-ring (bicyclic) bond motifs is 1. The predicted molar refractivity (Wildman–Crippen MR) is 63.9 cm³/mol. The van der Waals surface area contributed by atoms with Gasteiger partial charge < -0.3 is 15.0 Å². The third-order valence-corrected chi connectivity index (χ3v) is 3.07. The highest BCUT2D eigenvalue weighted by Gasteiger charge is 2.17. The highest BCUT2D eigenvalue weighted by atomic mass is 16.1. The summed E-state index contributed by atoms with van der Waals surface area (Å²) in [7, 11) is 0. The number of hydrogen-bond donors (Lipinski definition) is 2. The predicted octanol–water partition coefficient (Wildman–Crippen LogP) is 0.283. The molecule has 5 nitrogen and oxygen atoms in total.